The Bertz CT molecular complexity index is 265. The smallest absolute Gasteiger partial charge is 0.357 e. The van der Waals surface area contributed by atoms with E-state index in [0.717, 1.165) is 5.32 Å². The first kappa shape index (κ1) is 8.63. The van der Waals surface area contributed by atoms with Crippen LogP contribution in [-0.2, 0) is 0 Å². The molecule has 0 atom stereocenters. The van der Waals surface area contributed by atoms with Gasteiger partial charge in [-0.1, -0.05) is 0 Å². The molecular weight excluding hydrogens is 173 g/mol. The van der Waals surface area contributed by atoms with Crippen LogP contribution in [0.3, 0.4) is 0 Å². The van der Waals surface area contributed by atoms with E-state index >= 15 is 0 Å². The van der Waals surface area contributed by atoms with Gasteiger partial charge in [-0.25, -0.2) is 0 Å². The number of rotatable bonds is 1. The average Bonchev–Trinajstić information content (AvgIpc) is 2.32. The normalized spacial score (nSPS) is 11.2. The van der Waals surface area contributed by atoms with Crippen LogP contribution in [0.2, 0.25) is 0 Å². The first-order chi connectivity index (χ1) is 5.49. The molecule has 0 aliphatic rings. The summed E-state index contributed by atoms with van der Waals surface area (Å²) in [6.45, 7) is 0. The summed E-state index contributed by atoms with van der Waals surface area (Å²) in [5.41, 5.74) is -0.118. The Morgan fingerprint density at radius 2 is 2.17 bits per heavy atom. The predicted octanol–water partition coefficient (Wildman–Crippen LogP) is 1.26. The minimum Gasteiger partial charge on any atom is -0.357 e. The molecule has 1 amide bonds. The molecule has 12 heavy (non-hydrogen) atoms. The fourth-order valence-corrected chi connectivity index (χ4v) is 0.668. The second-order valence-electron chi connectivity index (χ2n) is 2.04. The second kappa shape index (κ2) is 2.88. The number of carbonyl (C=O) groups is 1. The van der Waals surface area contributed by atoms with Gasteiger partial charge in [-0.2, -0.15) is 13.2 Å². The van der Waals surface area contributed by atoms with Crippen molar-refractivity contribution >= 4 is 5.91 Å². The molecule has 66 valence electrons. The van der Waals surface area contributed by atoms with Crippen molar-refractivity contribution in [3.8, 4) is 0 Å². The summed E-state index contributed by atoms with van der Waals surface area (Å²) >= 11 is 0. The molecule has 0 aromatic carbocycles. The van der Waals surface area contributed by atoms with Gasteiger partial charge in [0.25, 0.3) is 5.91 Å². The van der Waals surface area contributed by atoms with Crippen LogP contribution in [0, 0.1) is 0 Å². The summed E-state index contributed by atoms with van der Waals surface area (Å²) in [7, 11) is 0. The maximum atomic E-state index is 11.6. The number of aromatic amines is 1. The van der Waals surface area contributed by atoms with E-state index in [1.807, 2.05) is 0 Å². The highest BCUT2D eigenvalue weighted by Crippen LogP contribution is 2.10. The number of nitrogens with one attached hydrogen (secondary N) is 2. The van der Waals surface area contributed by atoms with Gasteiger partial charge in [0.1, 0.15) is 5.69 Å². The van der Waals surface area contributed by atoms with Gasteiger partial charge in [-0.15, -0.1) is 0 Å². The molecular formula is C6H5F3N2O. The SMILES string of the molecule is O=C(NC(F)(F)F)c1ccc[nH]1. The van der Waals surface area contributed by atoms with Crippen LogP contribution in [0.25, 0.3) is 0 Å². The number of alkyl halides is 3. The number of hydrogen-bond donors (Lipinski definition) is 2. The number of H-pyrrole nitrogens is 1. The summed E-state index contributed by atoms with van der Waals surface area (Å²) in [6.07, 6.45) is -3.31. The number of halogens is 3. The lowest BCUT2D eigenvalue weighted by Gasteiger charge is -2.06. The van der Waals surface area contributed by atoms with Crippen LogP contribution in [0.1, 0.15) is 10.5 Å². The van der Waals surface area contributed by atoms with E-state index in [2.05, 4.69) is 4.98 Å². The Morgan fingerprint density at radius 3 is 2.58 bits per heavy atom. The number of hydrogen-bond acceptors (Lipinski definition) is 1. The minimum absolute atomic E-state index is 0.118. The van der Waals surface area contributed by atoms with Crippen molar-refractivity contribution in [3.63, 3.8) is 0 Å². The van der Waals surface area contributed by atoms with Crippen LogP contribution >= 0.6 is 0 Å². The van der Waals surface area contributed by atoms with E-state index in [1.54, 1.807) is 0 Å². The zero-order chi connectivity index (χ0) is 9.19. The quantitative estimate of drug-likeness (QED) is 0.625. The van der Waals surface area contributed by atoms with E-state index in [9.17, 15) is 18.0 Å². The number of aromatic nitrogens is 1. The molecule has 2 N–H and O–H groups in total. The lowest BCUT2D eigenvalue weighted by molar-refractivity contribution is -0.146. The Hall–Kier alpha value is -1.46. The van der Waals surface area contributed by atoms with E-state index in [1.165, 1.54) is 18.3 Å². The molecule has 1 heterocycles. The third-order valence-electron chi connectivity index (χ3n) is 1.10. The third-order valence-corrected chi connectivity index (χ3v) is 1.10. The van der Waals surface area contributed by atoms with Crippen LogP contribution in [0.5, 0.6) is 0 Å². The Morgan fingerprint density at radius 1 is 1.50 bits per heavy atom. The van der Waals surface area contributed by atoms with Crippen molar-refractivity contribution in [3.05, 3.63) is 24.0 Å². The summed E-state index contributed by atoms with van der Waals surface area (Å²) in [5, 5.41) is 0.851. The minimum atomic E-state index is -4.68. The van der Waals surface area contributed by atoms with Gasteiger partial charge in [-0.3, -0.25) is 10.1 Å². The number of carbonyl (C=O) groups excluding carboxylic acids is 1. The Kier molecular flexibility index (Phi) is 2.07. The van der Waals surface area contributed by atoms with E-state index in [0.29, 0.717) is 0 Å². The van der Waals surface area contributed by atoms with Crippen molar-refractivity contribution in [1.29, 1.82) is 0 Å². The zero-order valence-electron chi connectivity index (χ0n) is 5.77. The van der Waals surface area contributed by atoms with Crippen molar-refractivity contribution in [2.24, 2.45) is 0 Å². The van der Waals surface area contributed by atoms with Crippen LogP contribution in [-0.4, -0.2) is 17.2 Å². The topological polar surface area (TPSA) is 44.9 Å². The molecule has 0 fully saturated rings. The predicted molar refractivity (Wildman–Crippen MR) is 34.3 cm³/mol. The van der Waals surface area contributed by atoms with E-state index < -0.39 is 12.2 Å². The maximum absolute atomic E-state index is 11.6. The molecule has 0 unspecified atom stereocenters. The van der Waals surface area contributed by atoms with Crippen molar-refractivity contribution in [2.75, 3.05) is 0 Å². The van der Waals surface area contributed by atoms with Crippen molar-refractivity contribution < 1.29 is 18.0 Å². The summed E-state index contributed by atoms with van der Waals surface area (Å²) in [6, 6.07) is 2.69. The molecule has 3 nitrogen and oxygen atoms in total. The lowest BCUT2D eigenvalue weighted by Crippen LogP contribution is -2.37. The van der Waals surface area contributed by atoms with Gasteiger partial charge in [0, 0.05) is 6.20 Å². The molecule has 0 radical (unpaired) electrons. The molecule has 0 aliphatic heterocycles. The van der Waals surface area contributed by atoms with Crippen molar-refractivity contribution in [1.82, 2.24) is 10.3 Å². The van der Waals surface area contributed by atoms with Gasteiger partial charge in [-0.05, 0) is 12.1 Å². The van der Waals surface area contributed by atoms with Gasteiger partial charge < -0.3 is 4.98 Å². The number of amides is 1. The van der Waals surface area contributed by atoms with Gasteiger partial charge in [0.05, 0.1) is 0 Å². The van der Waals surface area contributed by atoms with Crippen LogP contribution in [0.4, 0.5) is 13.2 Å². The van der Waals surface area contributed by atoms with Crippen LogP contribution < -0.4 is 5.32 Å². The first-order valence-corrected chi connectivity index (χ1v) is 3.02. The highest BCUT2D eigenvalue weighted by Gasteiger charge is 2.30. The van der Waals surface area contributed by atoms with Gasteiger partial charge >= 0.3 is 6.30 Å². The fraction of sp³-hybridized carbons (Fsp3) is 0.167. The molecule has 1 aromatic rings. The molecule has 1 aromatic heterocycles. The first-order valence-electron chi connectivity index (χ1n) is 3.02. The Labute approximate surface area is 65.6 Å². The standard InChI is InChI=1S/C6H5F3N2O/c7-6(8,9)11-5(12)4-2-1-3-10-4/h1-3,10H,(H,11,12). The van der Waals surface area contributed by atoms with E-state index in [4.69, 9.17) is 0 Å². The van der Waals surface area contributed by atoms with Crippen molar-refractivity contribution in [2.45, 2.75) is 6.30 Å². The Balaban J connectivity index is 2.63. The monoisotopic (exact) mass is 178 g/mol. The molecule has 0 spiro atoms. The molecule has 6 heteroatoms. The molecule has 0 bridgehead atoms. The highest BCUT2D eigenvalue weighted by molar-refractivity contribution is 5.92. The summed E-state index contributed by atoms with van der Waals surface area (Å²) < 4.78 is 34.7. The summed E-state index contributed by atoms with van der Waals surface area (Å²) in [4.78, 5) is 13.0. The lowest BCUT2D eigenvalue weighted by atomic mass is 10.4. The molecule has 0 saturated heterocycles. The molecule has 0 aliphatic carbocycles. The van der Waals surface area contributed by atoms with Gasteiger partial charge in [0.2, 0.25) is 0 Å². The molecule has 1 rings (SSSR count). The van der Waals surface area contributed by atoms with Crippen LogP contribution in [0.15, 0.2) is 18.3 Å². The van der Waals surface area contributed by atoms with E-state index in [-0.39, 0.29) is 5.69 Å². The zero-order valence-corrected chi connectivity index (χ0v) is 5.77. The molecule has 0 saturated carbocycles. The third kappa shape index (κ3) is 2.30. The summed E-state index contributed by atoms with van der Waals surface area (Å²) in [5.74, 6) is -1.19. The second-order valence-corrected chi connectivity index (χ2v) is 2.04. The maximum Gasteiger partial charge on any atom is 0.484 e. The largest absolute Gasteiger partial charge is 0.484 e. The highest BCUT2D eigenvalue weighted by atomic mass is 19.4. The average molecular weight is 178 g/mol. The van der Waals surface area contributed by atoms with Gasteiger partial charge in [0.15, 0.2) is 0 Å². The fourth-order valence-electron chi connectivity index (χ4n) is 0.668.